The molecule has 47 heavy (non-hydrogen) atoms. The predicted octanol–water partition coefficient (Wildman–Crippen LogP) is 6.49. The number of sulfonamides is 1. The Labute approximate surface area is 281 Å². The first-order valence-electron chi connectivity index (χ1n) is 15.3. The molecule has 0 aliphatic rings. The van der Waals surface area contributed by atoms with Crippen molar-refractivity contribution < 1.29 is 27.1 Å². The number of amides is 2. The molecule has 0 saturated heterocycles. The second-order valence-corrected chi connectivity index (χ2v) is 13.7. The molecule has 0 unspecified atom stereocenters. The molecular formula is C36H39ClFN3O5S. The van der Waals surface area contributed by atoms with Crippen LogP contribution in [0.5, 0.6) is 5.75 Å². The van der Waals surface area contributed by atoms with Gasteiger partial charge in [-0.15, -0.1) is 0 Å². The maximum Gasteiger partial charge on any atom is 0.264 e. The van der Waals surface area contributed by atoms with Gasteiger partial charge in [-0.05, 0) is 84.6 Å². The monoisotopic (exact) mass is 679 g/mol. The quantitative estimate of drug-likeness (QED) is 0.155. The molecule has 1 atom stereocenters. The third kappa shape index (κ3) is 9.79. The zero-order valence-electron chi connectivity index (χ0n) is 26.6. The summed E-state index contributed by atoms with van der Waals surface area (Å²) in [5.41, 5.74) is 1.72. The number of rotatable bonds is 15. The van der Waals surface area contributed by atoms with Crippen LogP contribution in [0.3, 0.4) is 0 Å². The van der Waals surface area contributed by atoms with Crippen molar-refractivity contribution in [1.82, 2.24) is 10.2 Å². The second-order valence-electron chi connectivity index (χ2n) is 11.4. The summed E-state index contributed by atoms with van der Waals surface area (Å²) in [5, 5.41) is 3.47. The molecule has 0 aliphatic heterocycles. The summed E-state index contributed by atoms with van der Waals surface area (Å²) in [7, 11) is -4.37. The molecule has 4 aromatic carbocycles. The Morgan fingerprint density at radius 2 is 1.51 bits per heavy atom. The summed E-state index contributed by atoms with van der Waals surface area (Å²) in [5.74, 6) is -0.888. The molecule has 0 radical (unpaired) electrons. The highest BCUT2D eigenvalue weighted by Crippen LogP contribution is 2.27. The Morgan fingerprint density at radius 3 is 2.11 bits per heavy atom. The lowest BCUT2D eigenvalue weighted by molar-refractivity contribution is -0.140. The zero-order valence-corrected chi connectivity index (χ0v) is 28.2. The normalized spacial score (nSPS) is 12.0. The molecule has 0 bridgehead atoms. The molecule has 0 aromatic heterocycles. The van der Waals surface area contributed by atoms with E-state index in [1.54, 1.807) is 48.5 Å². The molecule has 0 spiro atoms. The van der Waals surface area contributed by atoms with Crippen LogP contribution >= 0.6 is 11.6 Å². The minimum Gasteiger partial charge on any atom is -0.494 e. The van der Waals surface area contributed by atoms with Crippen LogP contribution in [0.25, 0.3) is 0 Å². The summed E-state index contributed by atoms with van der Waals surface area (Å²) < 4.78 is 48.5. The van der Waals surface area contributed by atoms with Crippen molar-refractivity contribution >= 4 is 39.1 Å². The number of halogens is 2. The van der Waals surface area contributed by atoms with Gasteiger partial charge in [-0.2, -0.15) is 0 Å². The van der Waals surface area contributed by atoms with Crippen LogP contribution in [-0.2, 0) is 32.6 Å². The third-order valence-corrected chi connectivity index (χ3v) is 9.38. The predicted molar refractivity (Wildman–Crippen MR) is 182 cm³/mol. The smallest absolute Gasteiger partial charge is 0.264 e. The zero-order chi connectivity index (χ0) is 34.0. The van der Waals surface area contributed by atoms with Crippen LogP contribution in [-0.4, -0.2) is 50.9 Å². The number of carbonyl (C=O) groups is 2. The van der Waals surface area contributed by atoms with Gasteiger partial charge in [-0.25, -0.2) is 12.8 Å². The van der Waals surface area contributed by atoms with Gasteiger partial charge in [0.05, 0.1) is 17.2 Å². The summed E-state index contributed by atoms with van der Waals surface area (Å²) in [6.07, 6.45) is 0.192. The maximum absolute atomic E-state index is 14.5. The van der Waals surface area contributed by atoms with Crippen molar-refractivity contribution in [3.8, 4) is 5.75 Å². The van der Waals surface area contributed by atoms with Gasteiger partial charge in [0.1, 0.15) is 24.2 Å². The maximum atomic E-state index is 14.5. The Morgan fingerprint density at radius 1 is 0.872 bits per heavy atom. The number of hydrogen-bond donors (Lipinski definition) is 1. The van der Waals surface area contributed by atoms with E-state index in [4.69, 9.17) is 16.3 Å². The number of nitrogens with one attached hydrogen (secondary N) is 1. The van der Waals surface area contributed by atoms with Crippen molar-refractivity contribution in [3.05, 3.63) is 125 Å². The Hall–Kier alpha value is -4.41. The van der Waals surface area contributed by atoms with Crippen LogP contribution < -0.4 is 14.4 Å². The SMILES string of the molecule is CCOc1ccc(N(CC(=O)N(Cc2ccc(Cl)cc2)[C@H](Cc2ccccc2)C(=O)NCC(C)C)S(=O)(=O)c2ccc(F)cc2)cc1. The molecule has 0 aliphatic carbocycles. The van der Waals surface area contributed by atoms with E-state index in [1.807, 2.05) is 51.1 Å². The Kier molecular flexibility index (Phi) is 12.4. The first-order chi connectivity index (χ1) is 22.5. The van der Waals surface area contributed by atoms with Crippen LogP contribution in [0, 0.1) is 11.7 Å². The van der Waals surface area contributed by atoms with Gasteiger partial charge in [-0.3, -0.25) is 13.9 Å². The van der Waals surface area contributed by atoms with Crippen molar-refractivity contribution in [2.24, 2.45) is 5.92 Å². The van der Waals surface area contributed by atoms with Gasteiger partial charge < -0.3 is 15.0 Å². The van der Waals surface area contributed by atoms with E-state index in [0.29, 0.717) is 29.5 Å². The van der Waals surface area contributed by atoms with Crippen LogP contribution in [0.4, 0.5) is 10.1 Å². The average molecular weight is 680 g/mol. The van der Waals surface area contributed by atoms with Crippen molar-refractivity contribution in [1.29, 1.82) is 0 Å². The topological polar surface area (TPSA) is 96.0 Å². The largest absolute Gasteiger partial charge is 0.494 e. The Bertz CT molecular complexity index is 1720. The van der Waals surface area contributed by atoms with Crippen LogP contribution in [0.15, 0.2) is 108 Å². The average Bonchev–Trinajstić information content (AvgIpc) is 3.06. The molecule has 4 rings (SSSR count). The molecule has 4 aromatic rings. The van der Waals surface area contributed by atoms with Gasteiger partial charge in [0, 0.05) is 24.5 Å². The number of carbonyl (C=O) groups excluding carboxylic acids is 2. The fourth-order valence-corrected chi connectivity index (χ4v) is 6.44. The number of nitrogens with zero attached hydrogens (tertiary/aromatic N) is 2. The van der Waals surface area contributed by atoms with Gasteiger partial charge >= 0.3 is 0 Å². The summed E-state index contributed by atoms with van der Waals surface area (Å²) in [6, 6.07) is 25.9. The summed E-state index contributed by atoms with van der Waals surface area (Å²) in [4.78, 5) is 29.6. The molecule has 11 heteroatoms. The molecule has 0 fully saturated rings. The molecule has 2 amide bonds. The number of benzene rings is 4. The van der Waals surface area contributed by atoms with Crippen molar-refractivity contribution in [3.63, 3.8) is 0 Å². The summed E-state index contributed by atoms with van der Waals surface area (Å²) in [6.45, 7) is 5.95. The summed E-state index contributed by atoms with van der Waals surface area (Å²) >= 11 is 6.14. The first kappa shape index (κ1) is 35.4. The highest BCUT2D eigenvalue weighted by atomic mass is 35.5. The molecule has 248 valence electrons. The van der Waals surface area contributed by atoms with E-state index in [-0.39, 0.29) is 35.4 Å². The molecule has 0 heterocycles. The van der Waals surface area contributed by atoms with E-state index in [2.05, 4.69) is 5.32 Å². The standard InChI is InChI=1S/C36H39ClFN3O5S/c1-4-46-32-18-16-31(17-19-32)41(47(44,45)33-20-14-30(38)15-21-33)25-35(42)40(24-28-10-12-29(37)13-11-28)34(36(43)39-23-26(2)3)22-27-8-6-5-7-9-27/h5-21,26,34H,4,22-25H2,1-3H3,(H,39,43)/t34-/m1/s1. The van der Waals surface area contributed by atoms with E-state index >= 15 is 0 Å². The molecular weight excluding hydrogens is 641 g/mol. The van der Waals surface area contributed by atoms with Gasteiger partial charge in [-0.1, -0.05) is 67.9 Å². The lowest BCUT2D eigenvalue weighted by atomic mass is 10.0. The molecule has 0 saturated carbocycles. The second kappa shape index (κ2) is 16.4. The van der Waals surface area contributed by atoms with E-state index in [9.17, 15) is 22.4 Å². The third-order valence-electron chi connectivity index (χ3n) is 7.34. The van der Waals surface area contributed by atoms with Crippen LogP contribution in [0.2, 0.25) is 5.02 Å². The van der Waals surface area contributed by atoms with E-state index in [1.165, 1.54) is 4.90 Å². The molecule has 8 nitrogen and oxygen atoms in total. The lowest BCUT2D eigenvalue weighted by Gasteiger charge is -2.34. The lowest BCUT2D eigenvalue weighted by Crippen LogP contribution is -2.53. The fourth-order valence-electron chi connectivity index (χ4n) is 4.90. The van der Waals surface area contributed by atoms with Gasteiger partial charge in [0.25, 0.3) is 10.0 Å². The van der Waals surface area contributed by atoms with E-state index in [0.717, 1.165) is 34.1 Å². The highest BCUT2D eigenvalue weighted by molar-refractivity contribution is 7.92. The Balaban J connectivity index is 1.79. The molecule has 1 N–H and O–H groups in total. The van der Waals surface area contributed by atoms with Crippen molar-refractivity contribution in [2.75, 3.05) is 24.0 Å². The van der Waals surface area contributed by atoms with E-state index < -0.39 is 34.3 Å². The first-order valence-corrected chi connectivity index (χ1v) is 17.2. The van der Waals surface area contributed by atoms with Crippen LogP contribution in [0.1, 0.15) is 31.9 Å². The minimum absolute atomic E-state index is 0.0102. The van der Waals surface area contributed by atoms with Crippen molar-refractivity contribution in [2.45, 2.75) is 44.7 Å². The number of ether oxygens (including phenoxy) is 1. The fraction of sp³-hybridized carbons (Fsp3) is 0.278. The number of anilines is 1. The highest BCUT2D eigenvalue weighted by Gasteiger charge is 2.34. The van der Waals surface area contributed by atoms with Gasteiger partial charge in [0.2, 0.25) is 11.8 Å². The number of hydrogen-bond acceptors (Lipinski definition) is 5. The minimum atomic E-state index is -4.37. The van der Waals surface area contributed by atoms with Gasteiger partial charge in [0.15, 0.2) is 0 Å².